The van der Waals surface area contributed by atoms with Gasteiger partial charge in [0.2, 0.25) is 5.96 Å². The quantitative estimate of drug-likeness (QED) is 0.703. The van der Waals surface area contributed by atoms with Crippen molar-refractivity contribution < 1.29 is 9.59 Å². The molecule has 28 heavy (non-hydrogen) atoms. The Morgan fingerprint density at radius 1 is 1.21 bits per heavy atom. The molecule has 1 aromatic carbocycles. The van der Waals surface area contributed by atoms with Gasteiger partial charge in [-0.2, -0.15) is 0 Å². The molecule has 1 aromatic rings. The number of hydrogen-bond donors (Lipinski definition) is 0. The maximum atomic E-state index is 13.3. The molecule has 2 atom stereocenters. The molecule has 3 aliphatic rings. The van der Waals surface area contributed by atoms with Crippen molar-refractivity contribution in [2.24, 2.45) is 4.99 Å². The molecule has 0 aromatic heterocycles. The lowest BCUT2D eigenvalue weighted by Crippen LogP contribution is -2.63. The molecule has 0 radical (unpaired) electrons. The van der Waals surface area contributed by atoms with Crippen molar-refractivity contribution >= 4 is 41.1 Å². The standard InChI is InChI=1S/C19H19Cl2N5O2/c1-4-8-24-11(2)9-25-15-16(22-18(24)25)23(3)19(28)26(17(15)27)10-12-13(20)6-5-7-14(12)21/h4-7,9,15-16H,1,8,10H2,2-3H3. The summed E-state index contributed by atoms with van der Waals surface area (Å²) in [7, 11) is 1.65. The molecule has 0 aliphatic carbocycles. The fourth-order valence-corrected chi connectivity index (χ4v) is 4.26. The van der Waals surface area contributed by atoms with Crippen LogP contribution >= 0.6 is 23.2 Å². The van der Waals surface area contributed by atoms with Crippen LogP contribution < -0.4 is 0 Å². The second kappa shape index (κ2) is 6.83. The molecule has 7 nitrogen and oxygen atoms in total. The molecular formula is C19H19Cl2N5O2. The Labute approximate surface area is 173 Å². The minimum absolute atomic E-state index is 0.00593. The number of halogens is 2. The Bertz CT molecular complexity index is 924. The van der Waals surface area contributed by atoms with Gasteiger partial charge in [0, 0.05) is 41.1 Å². The summed E-state index contributed by atoms with van der Waals surface area (Å²) in [6.07, 6.45) is 3.08. The van der Waals surface area contributed by atoms with E-state index in [4.69, 9.17) is 23.2 Å². The number of aliphatic imine (C=N–C) groups is 1. The molecule has 3 amide bonds. The SMILES string of the molecule is C=CCN1C(C)=CN2C1=NC1C2C(=O)N(Cc2c(Cl)cccc2Cl)C(=O)N1C. The van der Waals surface area contributed by atoms with Crippen LogP contribution in [0, 0.1) is 0 Å². The molecule has 0 N–H and O–H groups in total. The van der Waals surface area contributed by atoms with Gasteiger partial charge in [-0.3, -0.25) is 9.69 Å². The number of fused-ring (bicyclic) bond motifs is 3. The Kier molecular flexibility index (Phi) is 4.59. The van der Waals surface area contributed by atoms with Crippen LogP contribution in [0.3, 0.4) is 0 Å². The summed E-state index contributed by atoms with van der Waals surface area (Å²) >= 11 is 12.5. The maximum absolute atomic E-state index is 13.3. The van der Waals surface area contributed by atoms with E-state index in [2.05, 4.69) is 11.6 Å². The van der Waals surface area contributed by atoms with Gasteiger partial charge < -0.3 is 14.7 Å². The van der Waals surface area contributed by atoms with Crippen LogP contribution in [0.25, 0.3) is 0 Å². The number of likely N-dealkylation sites (N-methyl/N-ethyl adjacent to an activating group) is 1. The van der Waals surface area contributed by atoms with E-state index in [-0.39, 0.29) is 12.5 Å². The second-order valence-corrected chi connectivity index (χ2v) is 7.70. The van der Waals surface area contributed by atoms with Crippen molar-refractivity contribution in [2.75, 3.05) is 13.6 Å². The minimum Gasteiger partial charge on any atom is -0.311 e. The number of allylic oxidation sites excluding steroid dienone is 1. The van der Waals surface area contributed by atoms with Crippen LogP contribution in [0.1, 0.15) is 12.5 Å². The van der Waals surface area contributed by atoms with Gasteiger partial charge in [0.15, 0.2) is 12.2 Å². The van der Waals surface area contributed by atoms with Gasteiger partial charge >= 0.3 is 6.03 Å². The molecule has 146 valence electrons. The van der Waals surface area contributed by atoms with Crippen molar-refractivity contribution in [2.45, 2.75) is 25.7 Å². The summed E-state index contributed by atoms with van der Waals surface area (Å²) in [5.74, 6) is 0.324. The molecule has 9 heteroatoms. The zero-order valence-corrected chi connectivity index (χ0v) is 17.0. The van der Waals surface area contributed by atoms with E-state index in [0.717, 1.165) is 5.70 Å². The van der Waals surface area contributed by atoms with Gasteiger partial charge in [-0.05, 0) is 19.1 Å². The number of imide groups is 1. The van der Waals surface area contributed by atoms with Crippen LogP contribution in [0.5, 0.6) is 0 Å². The third kappa shape index (κ3) is 2.69. The van der Waals surface area contributed by atoms with Crippen molar-refractivity contribution in [3.05, 3.63) is 58.4 Å². The molecule has 4 rings (SSSR count). The first-order chi connectivity index (χ1) is 13.3. The van der Waals surface area contributed by atoms with Crippen LogP contribution in [-0.4, -0.2) is 63.3 Å². The highest BCUT2D eigenvalue weighted by Gasteiger charge is 2.54. The molecule has 1 saturated heterocycles. The lowest BCUT2D eigenvalue weighted by atomic mass is 10.1. The van der Waals surface area contributed by atoms with Crippen molar-refractivity contribution in [1.29, 1.82) is 0 Å². The van der Waals surface area contributed by atoms with Crippen molar-refractivity contribution in [3.8, 4) is 0 Å². The summed E-state index contributed by atoms with van der Waals surface area (Å²) in [4.78, 5) is 37.3. The van der Waals surface area contributed by atoms with Gasteiger partial charge in [-0.15, -0.1) is 6.58 Å². The number of urea groups is 1. The van der Waals surface area contributed by atoms with Crippen molar-refractivity contribution in [3.63, 3.8) is 0 Å². The summed E-state index contributed by atoms with van der Waals surface area (Å²) < 4.78 is 0. The van der Waals surface area contributed by atoms with Crippen LogP contribution in [0.15, 0.2) is 47.7 Å². The van der Waals surface area contributed by atoms with Crippen LogP contribution in [0.4, 0.5) is 4.79 Å². The number of carbonyl (C=O) groups excluding carboxylic acids is 2. The first-order valence-electron chi connectivity index (χ1n) is 8.79. The number of nitrogens with zero attached hydrogens (tertiary/aromatic N) is 5. The average molecular weight is 420 g/mol. The zero-order valence-electron chi connectivity index (χ0n) is 15.5. The molecule has 0 spiro atoms. The smallest absolute Gasteiger partial charge is 0.311 e. The first-order valence-corrected chi connectivity index (χ1v) is 9.54. The Morgan fingerprint density at radius 2 is 1.89 bits per heavy atom. The maximum Gasteiger partial charge on any atom is 0.328 e. The minimum atomic E-state index is -0.622. The fourth-order valence-electron chi connectivity index (χ4n) is 3.74. The topological polar surface area (TPSA) is 59.5 Å². The van der Waals surface area contributed by atoms with E-state index in [9.17, 15) is 9.59 Å². The van der Waals surface area contributed by atoms with Gasteiger partial charge in [-0.1, -0.05) is 35.3 Å². The van der Waals surface area contributed by atoms with E-state index in [1.54, 1.807) is 31.3 Å². The predicted molar refractivity (Wildman–Crippen MR) is 108 cm³/mol. The number of benzene rings is 1. The summed E-state index contributed by atoms with van der Waals surface area (Å²) in [6, 6.07) is 4.04. The van der Waals surface area contributed by atoms with Gasteiger partial charge in [0.25, 0.3) is 5.91 Å². The lowest BCUT2D eigenvalue weighted by molar-refractivity contribution is -0.137. The largest absolute Gasteiger partial charge is 0.328 e. The van der Waals surface area contributed by atoms with Gasteiger partial charge in [-0.25, -0.2) is 9.79 Å². The number of rotatable bonds is 4. The molecule has 1 fully saturated rings. The summed E-state index contributed by atoms with van der Waals surface area (Å²) in [5, 5.41) is 0.825. The Morgan fingerprint density at radius 3 is 2.54 bits per heavy atom. The number of hydrogen-bond acceptors (Lipinski definition) is 5. The molecule has 0 bridgehead atoms. The Balaban J connectivity index is 1.68. The molecule has 0 saturated carbocycles. The van der Waals surface area contributed by atoms with Crippen molar-refractivity contribution in [1.82, 2.24) is 19.6 Å². The first kappa shape index (κ1) is 18.8. The van der Waals surface area contributed by atoms with E-state index < -0.39 is 18.2 Å². The lowest BCUT2D eigenvalue weighted by Gasteiger charge is -2.40. The molecule has 3 heterocycles. The predicted octanol–water partition coefficient (Wildman–Crippen LogP) is 3.12. The molecule has 2 unspecified atom stereocenters. The monoisotopic (exact) mass is 419 g/mol. The molecular weight excluding hydrogens is 401 g/mol. The third-order valence-electron chi connectivity index (χ3n) is 5.19. The normalized spacial score (nSPS) is 23.7. The second-order valence-electron chi connectivity index (χ2n) is 6.88. The van der Waals surface area contributed by atoms with E-state index in [1.165, 1.54) is 9.80 Å². The Hall–Kier alpha value is -2.51. The van der Waals surface area contributed by atoms with E-state index >= 15 is 0 Å². The highest BCUT2D eigenvalue weighted by Crippen LogP contribution is 2.35. The molecule has 3 aliphatic heterocycles. The van der Waals surface area contributed by atoms with E-state index in [1.807, 2.05) is 22.9 Å². The number of amides is 3. The fraction of sp³-hybridized carbons (Fsp3) is 0.316. The summed E-state index contributed by atoms with van der Waals surface area (Å²) in [5.41, 5.74) is 1.50. The average Bonchev–Trinajstić information content (AvgIpc) is 3.15. The van der Waals surface area contributed by atoms with Gasteiger partial charge in [0.05, 0.1) is 6.54 Å². The number of carbonyl (C=O) groups is 2. The van der Waals surface area contributed by atoms with Crippen LogP contribution in [0.2, 0.25) is 10.0 Å². The van der Waals surface area contributed by atoms with Crippen LogP contribution in [-0.2, 0) is 11.3 Å². The van der Waals surface area contributed by atoms with E-state index in [0.29, 0.717) is 28.1 Å². The highest BCUT2D eigenvalue weighted by atomic mass is 35.5. The third-order valence-corrected chi connectivity index (χ3v) is 5.90. The number of guanidine groups is 1. The zero-order chi connectivity index (χ0) is 20.2. The highest BCUT2D eigenvalue weighted by molar-refractivity contribution is 6.36. The summed E-state index contributed by atoms with van der Waals surface area (Å²) in [6.45, 7) is 6.30. The van der Waals surface area contributed by atoms with Gasteiger partial charge in [0.1, 0.15) is 0 Å².